The first kappa shape index (κ1) is 20.1. The molecule has 0 N–H and O–H groups in total. The number of rotatable bonds is 10. The molecule has 1 unspecified atom stereocenters. The Bertz CT molecular complexity index is 642. The molecule has 0 aliphatic rings. The van der Waals surface area contributed by atoms with Gasteiger partial charge in [-0.1, -0.05) is 45.9 Å². The van der Waals surface area contributed by atoms with E-state index in [1.807, 2.05) is 47.9 Å². The fourth-order valence-electron chi connectivity index (χ4n) is 2.02. The third kappa shape index (κ3) is 7.69. The van der Waals surface area contributed by atoms with Crippen molar-refractivity contribution in [3.05, 3.63) is 71.1 Å². The van der Waals surface area contributed by atoms with E-state index in [4.69, 9.17) is 9.47 Å². The first-order chi connectivity index (χ1) is 12.2. The normalized spacial score (nSPS) is 12.3. The monoisotopic (exact) mass is 394 g/mol. The molecule has 0 heterocycles. The van der Waals surface area contributed by atoms with Gasteiger partial charge in [-0.3, -0.25) is 0 Å². The van der Waals surface area contributed by atoms with Crippen molar-refractivity contribution in [3.8, 4) is 11.5 Å². The number of hydrogen-bond acceptors (Lipinski definition) is 5. The molecule has 0 bridgehead atoms. The van der Waals surface area contributed by atoms with E-state index in [1.165, 1.54) is 5.56 Å². The average molecular weight is 395 g/mol. The van der Waals surface area contributed by atoms with Crippen LogP contribution in [-0.4, -0.2) is 24.5 Å². The van der Waals surface area contributed by atoms with Crippen LogP contribution in [0.4, 0.5) is 0 Å². The standard InChI is InChI=1S/C19H22O3S3/c1-21-18-8-4-16(5-9-18)14-24-23-12-3-13-25(20)15-17-6-10-19(22-2)11-7-17/h3-12H,13-15H2,1-2H3/b12-3-. The Balaban J connectivity index is 1.62. The lowest BCUT2D eigenvalue weighted by atomic mass is 10.2. The Morgan fingerprint density at radius 1 is 0.920 bits per heavy atom. The summed E-state index contributed by atoms with van der Waals surface area (Å²) in [7, 11) is 6.73. The van der Waals surface area contributed by atoms with Crippen LogP contribution in [0.1, 0.15) is 11.1 Å². The summed E-state index contributed by atoms with van der Waals surface area (Å²) in [4.78, 5) is 0. The molecule has 2 aromatic carbocycles. The Kier molecular flexibility index (Phi) is 9.18. The van der Waals surface area contributed by atoms with Crippen LogP contribution >= 0.6 is 21.6 Å². The van der Waals surface area contributed by atoms with Crippen LogP contribution < -0.4 is 9.47 Å². The summed E-state index contributed by atoms with van der Waals surface area (Å²) in [6, 6.07) is 15.8. The Hall–Kier alpha value is -1.21. The number of hydrogen-bond donors (Lipinski definition) is 0. The Morgan fingerprint density at radius 3 is 2.04 bits per heavy atom. The molecule has 0 amide bonds. The topological polar surface area (TPSA) is 41.5 Å². The van der Waals surface area contributed by atoms with E-state index in [0.717, 1.165) is 22.8 Å². The highest BCUT2D eigenvalue weighted by atomic mass is 33.1. The van der Waals surface area contributed by atoms with Gasteiger partial charge in [0.15, 0.2) is 0 Å². The largest absolute Gasteiger partial charge is 0.616 e. The van der Waals surface area contributed by atoms with E-state index >= 15 is 0 Å². The Morgan fingerprint density at radius 2 is 1.48 bits per heavy atom. The van der Waals surface area contributed by atoms with Gasteiger partial charge >= 0.3 is 0 Å². The molecule has 0 aliphatic carbocycles. The predicted molar refractivity (Wildman–Crippen MR) is 111 cm³/mol. The molecule has 0 aromatic heterocycles. The van der Waals surface area contributed by atoms with Gasteiger partial charge in [0.2, 0.25) is 0 Å². The van der Waals surface area contributed by atoms with Crippen molar-refractivity contribution in [1.29, 1.82) is 0 Å². The molecule has 0 fully saturated rings. The highest BCUT2D eigenvalue weighted by molar-refractivity contribution is 8.77. The molecule has 25 heavy (non-hydrogen) atoms. The second-order valence-electron chi connectivity index (χ2n) is 5.18. The minimum absolute atomic E-state index is 0.567. The zero-order chi connectivity index (χ0) is 17.9. The molecule has 134 valence electrons. The van der Waals surface area contributed by atoms with E-state index in [2.05, 4.69) is 12.1 Å². The molecule has 0 saturated heterocycles. The summed E-state index contributed by atoms with van der Waals surface area (Å²) < 4.78 is 22.3. The summed E-state index contributed by atoms with van der Waals surface area (Å²) in [6.45, 7) is 0. The van der Waals surface area contributed by atoms with Crippen molar-refractivity contribution in [2.24, 2.45) is 0 Å². The van der Waals surface area contributed by atoms with Crippen LogP contribution in [0.2, 0.25) is 0 Å². The molecule has 2 aromatic rings. The van der Waals surface area contributed by atoms with Crippen molar-refractivity contribution in [2.45, 2.75) is 11.5 Å². The maximum Gasteiger partial charge on any atom is 0.131 e. The van der Waals surface area contributed by atoms with Crippen LogP contribution in [0.15, 0.2) is 60.0 Å². The smallest absolute Gasteiger partial charge is 0.131 e. The molecule has 3 nitrogen and oxygen atoms in total. The zero-order valence-corrected chi connectivity index (χ0v) is 16.8. The van der Waals surface area contributed by atoms with Gasteiger partial charge in [-0.15, -0.1) is 0 Å². The van der Waals surface area contributed by atoms with Gasteiger partial charge < -0.3 is 14.0 Å². The lowest BCUT2D eigenvalue weighted by Crippen LogP contribution is -2.07. The maximum absolute atomic E-state index is 12.1. The van der Waals surface area contributed by atoms with E-state index in [1.54, 1.807) is 35.8 Å². The van der Waals surface area contributed by atoms with Crippen molar-refractivity contribution in [2.75, 3.05) is 20.0 Å². The lowest BCUT2D eigenvalue weighted by molar-refractivity contribution is 0.414. The van der Waals surface area contributed by atoms with Crippen LogP contribution in [0.25, 0.3) is 0 Å². The van der Waals surface area contributed by atoms with Crippen LogP contribution in [0.5, 0.6) is 11.5 Å². The molecule has 1 atom stereocenters. The van der Waals surface area contributed by atoms with Gasteiger partial charge in [0.05, 0.1) is 14.2 Å². The van der Waals surface area contributed by atoms with E-state index in [-0.39, 0.29) is 0 Å². The molecule has 0 aliphatic heterocycles. The highest BCUT2D eigenvalue weighted by Crippen LogP contribution is 2.27. The van der Waals surface area contributed by atoms with Gasteiger partial charge in [0.1, 0.15) is 23.0 Å². The van der Waals surface area contributed by atoms with Crippen LogP contribution in [0.3, 0.4) is 0 Å². The second-order valence-corrected chi connectivity index (χ2v) is 8.95. The van der Waals surface area contributed by atoms with Crippen molar-refractivity contribution in [3.63, 3.8) is 0 Å². The predicted octanol–water partition coefficient (Wildman–Crippen LogP) is 5.05. The summed E-state index contributed by atoms with van der Waals surface area (Å²) in [5.41, 5.74) is 2.32. The molecule has 2 rings (SSSR count). The van der Waals surface area contributed by atoms with E-state index < -0.39 is 11.2 Å². The molecular formula is C19H22O3S3. The molecule has 0 saturated carbocycles. The molecule has 0 radical (unpaired) electrons. The third-order valence-electron chi connectivity index (χ3n) is 3.37. The quantitative estimate of drug-likeness (QED) is 0.320. The molecular weight excluding hydrogens is 372 g/mol. The highest BCUT2D eigenvalue weighted by Gasteiger charge is 2.05. The summed E-state index contributed by atoms with van der Waals surface area (Å²) in [5.74, 6) is 3.76. The minimum atomic E-state index is -0.889. The van der Waals surface area contributed by atoms with Gasteiger partial charge in [-0.05, 0) is 52.5 Å². The fraction of sp³-hybridized carbons (Fsp3) is 0.263. The molecule has 6 heteroatoms. The SMILES string of the molecule is COc1ccc(CSS/C=C\C[S+]([O-])Cc2ccc(OC)cc2)cc1. The van der Waals surface area contributed by atoms with Gasteiger partial charge in [-0.2, -0.15) is 0 Å². The summed E-state index contributed by atoms with van der Waals surface area (Å²) in [6.07, 6.45) is 1.98. The van der Waals surface area contributed by atoms with Crippen molar-refractivity contribution < 1.29 is 14.0 Å². The van der Waals surface area contributed by atoms with E-state index in [0.29, 0.717) is 11.5 Å². The maximum atomic E-state index is 12.1. The first-order valence-corrected chi connectivity index (χ1v) is 11.6. The number of methoxy groups -OCH3 is 2. The first-order valence-electron chi connectivity index (χ1n) is 7.75. The van der Waals surface area contributed by atoms with Crippen LogP contribution in [0, 0.1) is 0 Å². The summed E-state index contributed by atoms with van der Waals surface area (Å²) in [5, 5.41) is 2.01. The van der Waals surface area contributed by atoms with Crippen molar-refractivity contribution >= 4 is 32.8 Å². The zero-order valence-electron chi connectivity index (χ0n) is 14.3. The van der Waals surface area contributed by atoms with Crippen molar-refractivity contribution in [1.82, 2.24) is 0 Å². The van der Waals surface area contributed by atoms with Gasteiger partial charge in [0, 0.05) is 11.3 Å². The number of benzene rings is 2. The summed E-state index contributed by atoms with van der Waals surface area (Å²) >= 11 is -0.889. The lowest BCUT2D eigenvalue weighted by Gasteiger charge is -2.09. The second kappa shape index (κ2) is 11.4. The Labute approximate surface area is 160 Å². The van der Waals surface area contributed by atoms with Crippen LogP contribution in [-0.2, 0) is 22.7 Å². The molecule has 0 spiro atoms. The van der Waals surface area contributed by atoms with Gasteiger partial charge in [0.25, 0.3) is 0 Å². The van der Waals surface area contributed by atoms with Gasteiger partial charge in [-0.25, -0.2) is 0 Å². The number of ether oxygens (including phenoxy) is 2. The fourth-order valence-corrected chi connectivity index (χ4v) is 4.86. The minimum Gasteiger partial charge on any atom is -0.616 e. The van der Waals surface area contributed by atoms with E-state index in [9.17, 15) is 4.55 Å². The average Bonchev–Trinajstić information content (AvgIpc) is 2.65. The third-order valence-corrected chi connectivity index (χ3v) is 6.58.